The van der Waals surface area contributed by atoms with Crippen molar-refractivity contribution in [2.75, 3.05) is 6.61 Å². The van der Waals surface area contributed by atoms with E-state index in [1.165, 1.54) is 16.5 Å². The summed E-state index contributed by atoms with van der Waals surface area (Å²) < 4.78 is 2.27. The summed E-state index contributed by atoms with van der Waals surface area (Å²) in [5.74, 6) is 0. The summed E-state index contributed by atoms with van der Waals surface area (Å²) in [6.45, 7) is 3.23. The first kappa shape index (κ1) is 12.1. The zero-order valence-electron chi connectivity index (χ0n) is 10.3. The molecule has 2 rings (SSSR count). The Morgan fingerprint density at radius 2 is 2.12 bits per heavy atom. The van der Waals surface area contributed by atoms with Crippen molar-refractivity contribution in [2.24, 2.45) is 5.73 Å². The van der Waals surface area contributed by atoms with Gasteiger partial charge in [0.05, 0.1) is 6.61 Å². The SMILES string of the molecule is CCCn1cc(C[C@H](N)CO)c2ccccc21. The van der Waals surface area contributed by atoms with E-state index in [2.05, 4.69) is 35.9 Å². The van der Waals surface area contributed by atoms with Gasteiger partial charge in [0.1, 0.15) is 0 Å². The fourth-order valence-corrected chi connectivity index (χ4v) is 2.26. The van der Waals surface area contributed by atoms with Crippen LogP contribution in [0.1, 0.15) is 18.9 Å². The van der Waals surface area contributed by atoms with Gasteiger partial charge in [0, 0.05) is 29.7 Å². The van der Waals surface area contributed by atoms with E-state index < -0.39 is 0 Å². The van der Waals surface area contributed by atoms with Crippen molar-refractivity contribution in [2.45, 2.75) is 32.4 Å². The number of rotatable bonds is 5. The zero-order chi connectivity index (χ0) is 12.3. The Morgan fingerprint density at radius 3 is 2.82 bits per heavy atom. The number of benzene rings is 1. The molecular weight excluding hydrogens is 212 g/mol. The van der Waals surface area contributed by atoms with Gasteiger partial charge in [-0.3, -0.25) is 0 Å². The van der Waals surface area contributed by atoms with Crippen molar-refractivity contribution in [3.63, 3.8) is 0 Å². The molecule has 3 nitrogen and oxygen atoms in total. The second-order valence-corrected chi connectivity index (χ2v) is 4.51. The van der Waals surface area contributed by atoms with Gasteiger partial charge >= 0.3 is 0 Å². The van der Waals surface area contributed by atoms with Crippen LogP contribution < -0.4 is 5.73 Å². The number of aryl methyl sites for hydroxylation is 1. The van der Waals surface area contributed by atoms with Gasteiger partial charge in [-0.05, 0) is 24.5 Å². The van der Waals surface area contributed by atoms with Crippen molar-refractivity contribution in [3.8, 4) is 0 Å². The van der Waals surface area contributed by atoms with Gasteiger partial charge in [-0.15, -0.1) is 0 Å². The fourth-order valence-electron chi connectivity index (χ4n) is 2.26. The number of para-hydroxylation sites is 1. The lowest BCUT2D eigenvalue weighted by atomic mass is 10.1. The summed E-state index contributed by atoms with van der Waals surface area (Å²) >= 11 is 0. The van der Waals surface area contributed by atoms with Crippen LogP contribution in [0.4, 0.5) is 0 Å². The normalized spacial score (nSPS) is 13.1. The van der Waals surface area contributed by atoms with Gasteiger partial charge in [-0.1, -0.05) is 25.1 Å². The van der Waals surface area contributed by atoms with Crippen molar-refractivity contribution < 1.29 is 5.11 Å². The van der Waals surface area contributed by atoms with Gasteiger partial charge in [0.25, 0.3) is 0 Å². The zero-order valence-corrected chi connectivity index (χ0v) is 10.3. The van der Waals surface area contributed by atoms with Gasteiger partial charge in [0.15, 0.2) is 0 Å². The summed E-state index contributed by atoms with van der Waals surface area (Å²) in [6, 6.07) is 8.20. The Labute approximate surface area is 102 Å². The molecule has 0 saturated carbocycles. The van der Waals surface area contributed by atoms with E-state index in [1.807, 2.05) is 6.07 Å². The molecule has 1 atom stereocenters. The first-order chi connectivity index (χ1) is 8.26. The minimum absolute atomic E-state index is 0.0350. The van der Waals surface area contributed by atoms with Crippen LogP contribution in [0.2, 0.25) is 0 Å². The molecular formula is C14H20N2O. The molecule has 92 valence electrons. The Kier molecular flexibility index (Phi) is 3.82. The van der Waals surface area contributed by atoms with E-state index in [0.717, 1.165) is 19.4 Å². The van der Waals surface area contributed by atoms with Crippen molar-refractivity contribution in [3.05, 3.63) is 36.0 Å². The third-order valence-electron chi connectivity index (χ3n) is 3.05. The molecule has 3 heteroatoms. The first-order valence-electron chi connectivity index (χ1n) is 6.19. The van der Waals surface area contributed by atoms with Crippen LogP contribution in [0.25, 0.3) is 10.9 Å². The van der Waals surface area contributed by atoms with Crippen molar-refractivity contribution in [1.29, 1.82) is 0 Å². The average Bonchev–Trinajstić information content (AvgIpc) is 2.69. The smallest absolute Gasteiger partial charge is 0.0585 e. The van der Waals surface area contributed by atoms with Gasteiger partial charge < -0.3 is 15.4 Å². The first-order valence-corrected chi connectivity index (χ1v) is 6.19. The largest absolute Gasteiger partial charge is 0.395 e. The van der Waals surface area contributed by atoms with E-state index in [9.17, 15) is 0 Å². The van der Waals surface area contributed by atoms with Crippen molar-refractivity contribution in [1.82, 2.24) is 4.57 Å². The number of hydrogen-bond acceptors (Lipinski definition) is 2. The Morgan fingerprint density at radius 1 is 1.35 bits per heavy atom. The lowest BCUT2D eigenvalue weighted by Gasteiger charge is -2.06. The maximum absolute atomic E-state index is 9.05. The Hall–Kier alpha value is -1.32. The van der Waals surface area contributed by atoms with Gasteiger partial charge in [-0.25, -0.2) is 0 Å². The third kappa shape index (κ3) is 2.51. The van der Waals surface area contributed by atoms with E-state index in [0.29, 0.717) is 0 Å². The summed E-state index contributed by atoms with van der Waals surface area (Å²) in [6.07, 6.45) is 4.02. The molecule has 1 aromatic heterocycles. The maximum Gasteiger partial charge on any atom is 0.0585 e. The summed E-state index contributed by atoms with van der Waals surface area (Å²) in [5, 5.41) is 10.3. The number of nitrogens with two attached hydrogens (primary N) is 1. The second-order valence-electron chi connectivity index (χ2n) is 4.51. The standard InChI is InChI=1S/C14H20N2O/c1-2-7-16-9-11(8-12(15)10-17)13-5-3-4-6-14(13)16/h3-6,9,12,17H,2,7-8,10,15H2,1H3/t12-/m0/s1. The number of aliphatic hydroxyl groups excluding tert-OH is 1. The summed E-state index contributed by atoms with van der Waals surface area (Å²) in [5.41, 5.74) is 8.31. The minimum Gasteiger partial charge on any atom is -0.395 e. The minimum atomic E-state index is -0.170. The van der Waals surface area contributed by atoms with Crippen LogP contribution in [0.5, 0.6) is 0 Å². The molecule has 0 aliphatic heterocycles. The molecule has 0 aliphatic carbocycles. The number of fused-ring (bicyclic) bond motifs is 1. The quantitative estimate of drug-likeness (QED) is 0.827. The number of aromatic nitrogens is 1. The molecule has 1 heterocycles. The molecule has 0 bridgehead atoms. The molecule has 17 heavy (non-hydrogen) atoms. The van der Waals surface area contributed by atoms with Crippen molar-refractivity contribution >= 4 is 10.9 Å². The third-order valence-corrected chi connectivity index (χ3v) is 3.05. The van der Waals surface area contributed by atoms with Gasteiger partial charge in [0.2, 0.25) is 0 Å². The molecule has 0 aliphatic rings. The van der Waals surface area contributed by atoms with E-state index in [4.69, 9.17) is 10.8 Å². The molecule has 0 amide bonds. The van der Waals surface area contributed by atoms with Crippen LogP contribution in [-0.4, -0.2) is 22.3 Å². The molecule has 3 N–H and O–H groups in total. The van der Waals surface area contributed by atoms with Crippen LogP contribution in [0.3, 0.4) is 0 Å². The molecule has 0 saturated heterocycles. The predicted octanol–water partition coefficient (Wildman–Crippen LogP) is 1.91. The number of hydrogen-bond donors (Lipinski definition) is 2. The average molecular weight is 232 g/mol. The van der Waals surface area contributed by atoms with E-state index in [1.54, 1.807) is 0 Å². The molecule has 2 aromatic rings. The molecule has 1 aromatic carbocycles. The van der Waals surface area contributed by atoms with Crippen LogP contribution >= 0.6 is 0 Å². The summed E-state index contributed by atoms with van der Waals surface area (Å²) in [7, 11) is 0. The molecule has 0 unspecified atom stereocenters. The van der Waals surface area contributed by atoms with Crippen LogP contribution in [0.15, 0.2) is 30.5 Å². The number of aliphatic hydroxyl groups is 1. The Balaban J connectivity index is 2.41. The fraction of sp³-hybridized carbons (Fsp3) is 0.429. The highest BCUT2D eigenvalue weighted by Gasteiger charge is 2.10. The topological polar surface area (TPSA) is 51.2 Å². The lowest BCUT2D eigenvalue weighted by Crippen LogP contribution is -2.26. The highest BCUT2D eigenvalue weighted by molar-refractivity contribution is 5.84. The van der Waals surface area contributed by atoms with Crippen LogP contribution in [-0.2, 0) is 13.0 Å². The monoisotopic (exact) mass is 232 g/mol. The highest BCUT2D eigenvalue weighted by atomic mass is 16.3. The summed E-state index contributed by atoms with van der Waals surface area (Å²) in [4.78, 5) is 0. The van der Waals surface area contributed by atoms with Gasteiger partial charge in [-0.2, -0.15) is 0 Å². The van der Waals surface area contributed by atoms with E-state index in [-0.39, 0.29) is 12.6 Å². The highest BCUT2D eigenvalue weighted by Crippen LogP contribution is 2.22. The predicted molar refractivity (Wildman–Crippen MR) is 71.0 cm³/mol. The maximum atomic E-state index is 9.05. The second kappa shape index (κ2) is 5.34. The number of nitrogens with zero attached hydrogens (tertiary/aromatic N) is 1. The molecule has 0 fully saturated rings. The Bertz CT molecular complexity index is 490. The lowest BCUT2D eigenvalue weighted by molar-refractivity contribution is 0.265. The van der Waals surface area contributed by atoms with E-state index >= 15 is 0 Å². The van der Waals surface area contributed by atoms with Crippen LogP contribution in [0, 0.1) is 0 Å². The molecule has 0 radical (unpaired) electrons. The molecule has 0 spiro atoms.